The fourth-order valence-corrected chi connectivity index (χ4v) is 3.21. The van der Waals surface area contributed by atoms with E-state index in [9.17, 15) is 4.79 Å². The molecule has 0 unspecified atom stereocenters. The van der Waals surface area contributed by atoms with E-state index in [1.807, 2.05) is 24.3 Å². The van der Waals surface area contributed by atoms with Gasteiger partial charge in [0.15, 0.2) is 5.78 Å². The maximum atomic E-state index is 12.5. The van der Waals surface area contributed by atoms with E-state index in [0.717, 1.165) is 4.90 Å². The van der Waals surface area contributed by atoms with Crippen LogP contribution in [0, 0.1) is 6.92 Å². The van der Waals surface area contributed by atoms with Gasteiger partial charge in [0.05, 0.1) is 0 Å². The third kappa shape index (κ3) is 3.78. The molecule has 0 spiro atoms. The van der Waals surface area contributed by atoms with Gasteiger partial charge >= 0.3 is 0 Å². The molecule has 0 aliphatic rings. The summed E-state index contributed by atoms with van der Waals surface area (Å²) < 4.78 is 0. The Morgan fingerprint density at radius 1 is 0.750 bits per heavy atom. The molecule has 24 heavy (non-hydrogen) atoms. The van der Waals surface area contributed by atoms with E-state index in [2.05, 4.69) is 31.2 Å². The highest BCUT2D eigenvalue weighted by molar-refractivity contribution is 7.99. The molecule has 0 amide bonds. The molecular formula is C20H18N2OS. The molecule has 0 saturated carbocycles. The summed E-state index contributed by atoms with van der Waals surface area (Å²) in [6.07, 6.45) is 0. The number of rotatable bonds is 4. The van der Waals surface area contributed by atoms with Gasteiger partial charge in [-0.3, -0.25) is 4.79 Å². The fourth-order valence-electron chi connectivity index (χ4n) is 2.39. The van der Waals surface area contributed by atoms with Crippen molar-refractivity contribution in [2.24, 2.45) is 0 Å². The summed E-state index contributed by atoms with van der Waals surface area (Å²) >= 11 is 1.67. The van der Waals surface area contributed by atoms with Crippen LogP contribution in [-0.4, -0.2) is 5.78 Å². The van der Waals surface area contributed by atoms with Crippen LogP contribution in [0.25, 0.3) is 0 Å². The van der Waals surface area contributed by atoms with Crippen LogP contribution in [0.2, 0.25) is 0 Å². The molecule has 4 N–H and O–H groups in total. The van der Waals surface area contributed by atoms with Crippen LogP contribution >= 0.6 is 11.8 Å². The summed E-state index contributed by atoms with van der Waals surface area (Å²) in [5.74, 6) is -0.0825. The minimum Gasteiger partial charge on any atom is -0.399 e. The molecule has 0 fully saturated rings. The molecule has 120 valence electrons. The Morgan fingerprint density at radius 3 is 1.79 bits per heavy atom. The van der Waals surface area contributed by atoms with Crippen molar-refractivity contribution in [2.75, 3.05) is 11.5 Å². The third-order valence-electron chi connectivity index (χ3n) is 3.61. The molecule has 0 saturated heterocycles. The molecule has 0 radical (unpaired) electrons. The second-order valence-electron chi connectivity index (χ2n) is 5.66. The van der Waals surface area contributed by atoms with Gasteiger partial charge in [-0.1, -0.05) is 29.5 Å². The molecule has 4 heteroatoms. The number of anilines is 2. The van der Waals surface area contributed by atoms with E-state index >= 15 is 0 Å². The second kappa shape index (κ2) is 6.81. The van der Waals surface area contributed by atoms with Gasteiger partial charge in [0.2, 0.25) is 0 Å². The Kier molecular flexibility index (Phi) is 4.58. The summed E-state index contributed by atoms with van der Waals surface area (Å²) in [5, 5.41) is 0. The van der Waals surface area contributed by atoms with E-state index in [1.54, 1.807) is 30.0 Å². The highest BCUT2D eigenvalue weighted by atomic mass is 32.2. The first-order valence-electron chi connectivity index (χ1n) is 7.56. The summed E-state index contributed by atoms with van der Waals surface area (Å²) in [6, 6.07) is 20.9. The first-order chi connectivity index (χ1) is 11.5. The molecule has 3 nitrogen and oxygen atoms in total. The number of aryl methyl sites for hydroxylation is 1. The number of carbonyl (C=O) groups excluding carboxylic acids is 1. The van der Waals surface area contributed by atoms with E-state index < -0.39 is 0 Å². The molecular weight excluding hydrogens is 316 g/mol. The first-order valence-corrected chi connectivity index (χ1v) is 8.38. The van der Waals surface area contributed by atoms with Gasteiger partial charge in [-0.25, -0.2) is 0 Å². The molecule has 0 aliphatic carbocycles. The first kappa shape index (κ1) is 16.1. The minimum absolute atomic E-state index is 0.0825. The average molecular weight is 334 g/mol. The highest BCUT2D eigenvalue weighted by Crippen LogP contribution is 2.28. The Morgan fingerprint density at radius 2 is 1.25 bits per heavy atom. The van der Waals surface area contributed by atoms with Gasteiger partial charge in [-0.15, -0.1) is 0 Å². The van der Waals surface area contributed by atoms with Crippen molar-refractivity contribution in [1.82, 2.24) is 0 Å². The lowest BCUT2D eigenvalue weighted by Gasteiger charge is -2.06. The Labute approximate surface area is 145 Å². The minimum atomic E-state index is -0.0825. The quantitative estimate of drug-likeness (QED) is 0.543. The Balaban J connectivity index is 1.78. The van der Waals surface area contributed by atoms with Crippen molar-refractivity contribution in [1.29, 1.82) is 0 Å². The van der Waals surface area contributed by atoms with Crippen molar-refractivity contribution in [3.63, 3.8) is 0 Å². The normalized spacial score (nSPS) is 10.5. The summed E-state index contributed by atoms with van der Waals surface area (Å²) in [5.41, 5.74) is 14.9. The zero-order valence-electron chi connectivity index (χ0n) is 13.3. The van der Waals surface area contributed by atoms with Crippen LogP contribution < -0.4 is 11.5 Å². The van der Waals surface area contributed by atoms with Crippen molar-refractivity contribution >= 4 is 28.9 Å². The van der Waals surface area contributed by atoms with Crippen molar-refractivity contribution in [2.45, 2.75) is 16.7 Å². The molecule has 3 aromatic rings. The van der Waals surface area contributed by atoms with Crippen molar-refractivity contribution in [3.8, 4) is 0 Å². The number of carbonyl (C=O) groups is 1. The monoisotopic (exact) mass is 334 g/mol. The van der Waals surface area contributed by atoms with Gasteiger partial charge in [0.25, 0.3) is 0 Å². The molecule has 0 aliphatic heterocycles. The van der Waals surface area contributed by atoms with E-state index in [4.69, 9.17) is 11.5 Å². The largest absolute Gasteiger partial charge is 0.399 e. The lowest BCUT2D eigenvalue weighted by atomic mass is 10.0. The smallest absolute Gasteiger partial charge is 0.193 e. The molecule has 0 aromatic heterocycles. The van der Waals surface area contributed by atoms with E-state index in [1.165, 1.54) is 10.5 Å². The van der Waals surface area contributed by atoms with Crippen LogP contribution in [-0.2, 0) is 0 Å². The van der Waals surface area contributed by atoms with Gasteiger partial charge in [0, 0.05) is 32.3 Å². The zero-order valence-corrected chi connectivity index (χ0v) is 14.1. The number of nitrogen functional groups attached to an aromatic ring is 2. The zero-order chi connectivity index (χ0) is 17.1. The predicted molar refractivity (Wildman–Crippen MR) is 100 cm³/mol. The fraction of sp³-hybridized carbons (Fsp3) is 0.0500. The van der Waals surface area contributed by atoms with Crippen LogP contribution in [0.1, 0.15) is 21.5 Å². The number of benzene rings is 3. The number of hydrogen-bond donors (Lipinski definition) is 2. The predicted octanol–water partition coefficient (Wildman–Crippen LogP) is 4.54. The summed E-state index contributed by atoms with van der Waals surface area (Å²) in [4.78, 5) is 14.8. The third-order valence-corrected chi connectivity index (χ3v) is 4.63. The average Bonchev–Trinajstić information content (AvgIpc) is 2.56. The molecule has 3 rings (SSSR count). The molecule has 0 heterocycles. The standard InChI is InChI=1S/C20H18N2OS/c1-13-2-6-18(7-3-13)24-19-8-4-14(5-9-19)20(23)15-10-16(21)12-17(22)11-15/h2-12H,21-22H2,1H3. The summed E-state index contributed by atoms with van der Waals surface area (Å²) in [6.45, 7) is 2.07. The number of nitrogens with two attached hydrogens (primary N) is 2. The van der Waals surface area contributed by atoms with Crippen LogP contribution in [0.5, 0.6) is 0 Å². The van der Waals surface area contributed by atoms with Crippen molar-refractivity contribution < 1.29 is 4.79 Å². The van der Waals surface area contributed by atoms with Crippen LogP contribution in [0.15, 0.2) is 76.5 Å². The topological polar surface area (TPSA) is 69.1 Å². The number of ketones is 1. The molecule has 0 atom stereocenters. The highest BCUT2D eigenvalue weighted by Gasteiger charge is 2.10. The maximum Gasteiger partial charge on any atom is 0.193 e. The SMILES string of the molecule is Cc1ccc(Sc2ccc(C(=O)c3cc(N)cc(N)c3)cc2)cc1. The van der Waals surface area contributed by atoms with Crippen LogP contribution in [0.4, 0.5) is 11.4 Å². The second-order valence-corrected chi connectivity index (χ2v) is 6.80. The van der Waals surface area contributed by atoms with Gasteiger partial charge in [-0.05, 0) is 61.5 Å². The van der Waals surface area contributed by atoms with Gasteiger partial charge < -0.3 is 11.5 Å². The van der Waals surface area contributed by atoms with E-state index in [0.29, 0.717) is 22.5 Å². The maximum absolute atomic E-state index is 12.5. The lowest BCUT2D eigenvalue weighted by molar-refractivity contribution is 0.103. The lowest BCUT2D eigenvalue weighted by Crippen LogP contribution is -2.03. The van der Waals surface area contributed by atoms with Crippen molar-refractivity contribution in [3.05, 3.63) is 83.4 Å². The molecule has 0 bridgehead atoms. The Bertz CT molecular complexity index is 851. The Hall–Kier alpha value is -2.72. The van der Waals surface area contributed by atoms with Gasteiger partial charge in [-0.2, -0.15) is 0 Å². The summed E-state index contributed by atoms with van der Waals surface area (Å²) in [7, 11) is 0. The number of hydrogen-bond acceptors (Lipinski definition) is 4. The molecule has 3 aromatic carbocycles. The van der Waals surface area contributed by atoms with Crippen LogP contribution in [0.3, 0.4) is 0 Å². The van der Waals surface area contributed by atoms with Gasteiger partial charge in [0.1, 0.15) is 0 Å². The van der Waals surface area contributed by atoms with E-state index in [-0.39, 0.29) is 5.78 Å².